The van der Waals surface area contributed by atoms with Gasteiger partial charge in [-0.2, -0.15) is 0 Å². The Balaban J connectivity index is 1.65. The molecule has 0 amide bonds. The number of nitrogens with one attached hydrogen (secondary N) is 1. The highest BCUT2D eigenvalue weighted by Crippen LogP contribution is 2.31. The summed E-state index contributed by atoms with van der Waals surface area (Å²) in [5, 5.41) is 0.794. The Hall–Kier alpha value is -3.90. The van der Waals surface area contributed by atoms with Gasteiger partial charge in [0.25, 0.3) is 5.56 Å². The number of hydrogen-bond acceptors (Lipinski definition) is 4. The number of aromatic nitrogens is 3. The van der Waals surface area contributed by atoms with Crippen LogP contribution in [0.5, 0.6) is 0 Å². The van der Waals surface area contributed by atoms with Crippen LogP contribution < -0.4 is 5.56 Å². The number of pyridine rings is 1. The lowest BCUT2D eigenvalue weighted by Gasteiger charge is -2.12. The second-order valence-electron chi connectivity index (χ2n) is 7.26. The van der Waals surface area contributed by atoms with Crippen LogP contribution in [-0.2, 0) is 0 Å². The molecule has 5 rings (SSSR count). The van der Waals surface area contributed by atoms with Crippen LogP contribution in [0.4, 0.5) is 0 Å². The van der Waals surface area contributed by atoms with Crippen molar-refractivity contribution >= 4 is 49.7 Å². The number of rotatable bonds is 4. The second-order valence-corrected chi connectivity index (χ2v) is 8.18. The number of halogens is 1. The Morgan fingerprint density at radius 3 is 2.50 bits per heavy atom. The van der Waals surface area contributed by atoms with Crippen LogP contribution in [0.1, 0.15) is 15.9 Å². The molecule has 0 radical (unpaired) electrons. The summed E-state index contributed by atoms with van der Waals surface area (Å²) in [7, 11) is 0. The molecule has 5 nitrogen and oxygen atoms in total. The fraction of sp³-hybridized carbons (Fsp3) is 0. The van der Waals surface area contributed by atoms with Gasteiger partial charge in [0.05, 0.1) is 16.6 Å². The van der Waals surface area contributed by atoms with Crippen molar-refractivity contribution in [3.63, 3.8) is 0 Å². The molecule has 0 aliphatic carbocycles. The molecule has 32 heavy (non-hydrogen) atoms. The van der Waals surface area contributed by atoms with Gasteiger partial charge in [-0.1, -0.05) is 58.4 Å². The third-order valence-electron chi connectivity index (χ3n) is 5.21. The Morgan fingerprint density at radius 1 is 0.906 bits per heavy atom. The summed E-state index contributed by atoms with van der Waals surface area (Å²) in [4.78, 5) is 37.7. The van der Waals surface area contributed by atoms with Gasteiger partial charge in [0.1, 0.15) is 0 Å². The van der Waals surface area contributed by atoms with Gasteiger partial charge in [-0.25, -0.2) is 0 Å². The van der Waals surface area contributed by atoms with Gasteiger partial charge in [0, 0.05) is 33.3 Å². The predicted octanol–water partition coefficient (Wildman–Crippen LogP) is 5.80. The normalized spacial score (nSPS) is 11.4. The molecule has 2 aromatic heterocycles. The van der Waals surface area contributed by atoms with E-state index in [2.05, 4.69) is 30.9 Å². The van der Waals surface area contributed by atoms with E-state index in [0.29, 0.717) is 11.1 Å². The first-order chi connectivity index (χ1) is 15.6. The Morgan fingerprint density at radius 2 is 1.69 bits per heavy atom. The Kier molecular flexibility index (Phi) is 5.21. The number of carbonyl (C=O) groups excluding carboxylic acids is 1. The molecule has 0 bridgehead atoms. The average molecular weight is 482 g/mol. The summed E-state index contributed by atoms with van der Waals surface area (Å²) >= 11 is 3.50. The highest BCUT2D eigenvalue weighted by molar-refractivity contribution is 9.10. The molecule has 2 heterocycles. The highest BCUT2D eigenvalue weighted by atomic mass is 79.9. The first-order valence-corrected chi connectivity index (χ1v) is 10.7. The molecule has 0 spiro atoms. The number of carbonyl (C=O) groups is 1. The van der Waals surface area contributed by atoms with Crippen molar-refractivity contribution in [3.8, 4) is 11.1 Å². The van der Waals surface area contributed by atoms with Gasteiger partial charge in [0.2, 0.25) is 0 Å². The van der Waals surface area contributed by atoms with E-state index in [1.807, 2.05) is 66.7 Å². The van der Waals surface area contributed by atoms with Crippen LogP contribution in [0.25, 0.3) is 39.1 Å². The average Bonchev–Trinajstić information content (AvgIpc) is 2.82. The van der Waals surface area contributed by atoms with Crippen molar-refractivity contribution in [2.24, 2.45) is 0 Å². The third kappa shape index (κ3) is 3.76. The maximum Gasteiger partial charge on any atom is 0.260 e. The summed E-state index contributed by atoms with van der Waals surface area (Å²) in [5.41, 5.74) is 4.10. The van der Waals surface area contributed by atoms with E-state index in [4.69, 9.17) is 0 Å². The number of benzene rings is 3. The zero-order chi connectivity index (χ0) is 22.1. The van der Waals surface area contributed by atoms with Crippen LogP contribution in [0.3, 0.4) is 0 Å². The van der Waals surface area contributed by atoms with Crippen molar-refractivity contribution in [3.05, 3.63) is 111 Å². The van der Waals surface area contributed by atoms with Crippen LogP contribution in [0, 0.1) is 0 Å². The number of H-pyrrole nitrogens is 1. The molecule has 0 aliphatic heterocycles. The van der Waals surface area contributed by atoms with Crippen molar-refractivity contribution in [1.29, 1.82) is 0 Å². The minimum atomic E-state index is -0.419. The van der Waals surface area contributed by atoms with E-state index < -0.39 is 5.56 Å². The van der Waals surface area contributed by atoms with Gasteiger partial charge in [-0.3, -0.25) is 19.6 Å². The van der Waals surface area contributed by atoms with E-state index in [-0.39, 0.29) is 11.3 Å². The molecular weight excluding hydrogens is 466 g/mol. The lowest BCUT2D eigenvalue weighted by atomic mass is 9.94. The molecule has 154 valence electrons. The van der Waals surface area contributed by atoms with Crippen LogP contribution in [0.15, 0.2) is 94.5 Å². The molecule has 0 saturated heterocycles. The molecule has 0 atom stereocenters. The Labute approximate surface area is 191 Å². The molecule has 1 N–H and O–H groups in total. The second kappa shape index (κ2) is 8.32. The Bertz CT molecular complexity index is 1570. The number of allylic oxidation sites excluding steroid dienone is 1. The molecule has 5 aromatic rings. The number of ketones is 1. The monoisotopic (exact) mass is 481 g/mol. The first kappa shape index (κ1) is 20.0. The SMILES string of the molecule is O=C(/C=C/c1ccc2nccnc2c1)c1c(-c2ccccc2)c2cc(Br)ccc2[nH]c1=O. The topological polar surface area (TPSA) is 75.7 Å². The van der Waals surface area contributed by atoms with Crippen LogP contribution in [0.2, 0.25) is 0 Å². The summed E-state index contributed by atoms with van der Waals surface area (Å²) in [6, 6.07) is 20.6. The van der Waals surface area contributed by atoms with Crippen molar-refractivity contribution in [1.82, 2.24) is 15.0 Å². The van der Waals surface area contributed by atoms with E-state index in [1.165, 1.54) is 6.08 Å². The van der Waals surface area contributed by atoms with Crippen molar-refractivity contribution in [2.75, 3.05) is 0 Å². The first-order valence-electron chi connectivity index (χ1n) is 9.94. The van der Waals surface area contributed by atoms with Gasteiger partial charge < -0.3 is 4.98 Å². The molecule has 0 aliphatic rings. The standard InChI is InChI=1S/C26H16BrN3O2/c27-18-8-10-20-19(15-18)24(17-4-2-1-3-5-17)25(26(32)30-20)23(31)11-7-16-6-9-21-22(14-16)29-13-12-28-21/h1-15H,(H,30,32)/b11-7+. The third-order valence-corrected chi connectivity index (χ3v) is 5.70. The number of hydrogen-bond donors (Lipinski definition) is 1. The van der Waals surface area contributed by atoms with Gasteiger partial charge in [0.15, 0.2) is 5.78 Å². The summed E-state index contributed by atoms with van der Waals surface area (Å²) in [6.45, 7) is 0. The van der Waals surface area contributed by atoms with Gasteiger partial charge >= 0.3 is 0 Å². The predicted molar refractivity (Wildman–Crippen MR) is 131 cm³/mol. The number of nitrogens with zero attached hydrogens (tertiary/aromatic N) is 2. The van der Waals surface area contributed by atoms with E-state index in [9.17, 15) is 9.59 Å². The molecular formula is C26H16BrN3O2. The summed E-state index contributed by atoms with van der Waals surface area (Å²) in [5.74, 6) is -0.369. The van der Waals surface area contributed by atoms with E-state index >= 15 is 0 Å². The molecule has 3 aromatic carbocycles. The molecule has 0 saturated carbocycles. The molecule has 0 fully saturated rings. The fourth-order valence-electron chi connectivity index (χ4n) is 3.74. The van der Waals surface area contributed by atoms with E-state index in [0.717, 1.165) is 32.0 Å². The number of fused-ring (bicyclic) bond motifs is 2. The quantitative estimate of drug-likeness (QED) is 0.260. The maximum absolute atomic E-state index is 13.3. The van der Waals surface area contributed by atoms with Gasteiger partial charge in [-0.05, 0) is 47.5 Å². The number of aromatic amines is 1. The van der Waals surface area contributed by atoms with Crippen LogP contribution in [-0.4, -0.2) is 20.7 Å². The highest BCUT2D eigenvalue weighted by Gasteiger charge is 2.19. The smallest absolute Gasteiger partial charge is 0.260 e. The zero-order valence-corrected chi connectivity index (χ0v) is 18.3. The zero-order valence-electron chi connectivity index (χ0n) is 16.7. The van der Waals surface area contributed by atoms with Gasteiger partial charge in [-0.15, -0.1) is 0 Å². The minimum absolute atomic E-state index is 0.110. The van der Waals surface area contributed by atoms with E-state index in [1.54, 1.807) is 18.5 Å². The minimum Gasteiger partial charge on any atom is -0.321 e. The lowest BCUT2D eigenvalue weighted by molar-refractivity contribution is 0.104. The fourth-order valence-corrected chi connectivity index (χ4v) is 4.11. The maximum atomic E-state index is 13.3. The largest absolute Gasteiger partial charge is 0.321 e. The molecule has 0 unspecified atom stereocenters. The molecule has 6 heteroatoms. The van der Waals surface area contributed by atoms with Crippen molar-refractivity contribution in [2.45, 2.75) is 0 Å². The summed E-state index contributed by atoms with van der Waals surface area (Å²) in [6.07, 6.45) is 6.38. The van der Waals surface area contributed by atoms with Crippen LogP contribution >= 0.6 is 15.9 Å². The lowest BCUT2D eigenvalue weighted by Crippen LogP contribution is -2.18. The van der Waals surface area contributed by atoms with Crippen molar-refractivity contribution < 1.29 is 4.79 Å². The summed E-state index contributed by atoms with van der Waals surface area (Å²) < 4.78 is 0.862.